The maximum Gasteiger partial charge on any atom is 0.181 e. The molecule has 51 heavy (non-hydrogen) atoms. The van der Waals surface area contributed by atoms with E-state index in [1.807, 2.05) is 60.7 Å². The molecule has 2 heterocycles. The van der Waals surface area contributed by atoms with E-state index < -0.39 is 0 Å². The normalized spacial score (nSPS) is 13.4. The first-order valence-electron chi connectivity index (χ1n) is 17.2. The van der Waals surface area contributed by atoms with Crippen molar-refractivity contribution in [1.82, 2.24) is 15.0 Å². The standard InChI is InChI=1S/C46H31N3O2/c1-46(2)36-22-12-11-20-34(36)40-37(46)26-27-39-42(40)51-38-23-13-21-35(41(38)50-39)45-48-43(29-16-7-4-8-17-29)47-44(49-45)33-25-24-30(28-14-5-3-6-15-28)31-18-9-10-19-32(31)33/h3-27H,1-2H3. The third kappa shape index (κ3) is 4.59. The monoisotopic (exact) mass is 657 g/mol. The average Bonchev–Trinajstić information content (AvgIpc) is 3.43. The van der Waals surface area contributed by atoms with Crippen molar-refractivity contribution in [3.63, 3.8) is 0 Å². The quantitative estimate of drug-likeness (QED) is 0.188. The lowest BCUT2D eigenvalue weighted by atomic mass is 9.82. The highest BCUT2D eigenvalue weighted by Crippen LogP contribution is 2.59. The zero-order valence-corrected chi connectivity index (χ0v) is 28.1. The molecule has 0 radical (unpaired) electrons. The second-order valence-corrected chi connectivity index (χ2v) is 13.6. The van der Waals surface area contributed by atoms with E-state index in [1.54, 1.807) is 0 Å². The van der Waals surface area contributed by atoms with Crippen LogP contribution < -0.4 is 9.47 Å². The Morgan fingerprint density at radius 3 is 1.75 bits per heavy atom. The van der Waals surface area contributed by atoms with Gasteiger partial charge in [-0.05, 0) is 62.9 Å². The summed E-state index contributed by atoms with van der Waals surface area (Å²) in [6.45, 7) is 4.53. The Labute approximate surface area is 295 Å². The molecule has 5 nitrogen and oxygen atoms in total. The number of ether oxygens (including phenoxy) is 2. The van der Waals surface area contributed by atoms with Crippen molar-refractivity contribution in [1.29, 1.82) is 0 Å². The molecule has 0 N–H and O–H groups in total. The van der Waals surface area contributed by atoms with Gasteiger partial charge in [0.05, 0.1) is 5.56 Å². The van der Waals surface area contributed by atoms with E-state index in [2.05, 4.69) is 105 Å². The molecule has 242 valence electrons. The van der Waals surface area contributed by atoms with E-state index >= 15 is 0 Å². The van der Waals surface area contributed by atoms with Gasteiger partial charge in [0, 0.05) is 22.1 Å². The smallest absolute Gasteiger partial charge is 0.181 e. The van der Waals surface area contributed by atoms with Crippen LogP contribution in [0.3, 0.4) is 0 Å². The van der Waals surface area contributed by atoms with E-state index in [0.717, 1.165) is 49.9 Å². The highest BCUT2D eigenvalue weighted by Gasteiger charge is 2.40. The fourth-order valence-corrected chi connectivity index (χ4v) is 7.72. The SMILES string of the molecule is CC1(C)c2ccccc2-c2c1ccc1c2Oc2cccc(-c3nc(-c4ccccc4)nc(-c4ccc(-c5ccccc5)c5ccccc45)n3)c2O1. The van der Waals surface area contributed by atoms with Gasteiger partial charge in [0.25, 0.3) is 0 Å². The maximum absolute atomic E-state index is 6.78. The van der Waals surface area contributed by atoms with Crippen molar-refractivity contribution in [3.05, 3.63) is 163 Å². The van der Waals surface area contributed by atoms with Crippen LogP contribution in [-0.4, -0.2) is 15.0 Å². The Morgan fingerprint density at radius 2 is 0.961 bits per heavy atom. The predicted molar refractivity (Wildman–Crippen MR) is 203 cm³/mol. The van der Waals surface area contributed by atoms with Crippen molar-refractivity contribution in [2.24, 2.45) is 0 Å². The Morgan fingerprint density at radius 1 is 0.392 bits per heavy atom. The van der Waals surface area contributed by atoms with Gasteiger partial charge in [-0.15, -0.1) is 0 Å². The minimum absolute atomic E-state index is 0.148. The lowest BCUT2D eigenvalue weighted by Gasteiger charge is -2.26. The number of fused-ring (bicyclic) bond motifs is 7. The first-order valence-corrected chi connectivity index (χ1v) is 17.2. The van der Waals surface area contributed by atoms with Crippen molar-refractivity contribution in [3.8, 4) is 79.4 Å². The number of benzene rings is 7. The van der Waals surface area contributed by atoms with Crippen LogP contribution in [0.5, 0.6) is 23.0 Å². The number of rotatable bonds is 4. The van der Waals surface area contributed by atoms with E-state index in [4.69, 9.17) is 24.4 Å². The Balaban J connectivity index is 1.14. The summed E-state index contributed by atoms with van der Waals surface area (Å²) in [5.74, 6) is 4.28. The fourth-order valence-electron chi connectivity index (χ4n) is 7.72. The molecule has 0 atom stereocenters. The van der Waals surface area contributed by atoms with E-state index in [1.165, 1.54) is 16.7 Å². The number of hydrogen-bond donors (Lipinski definition) is 0. The second-order valence-electron chi connectivity index (χ2n) is 13.6. The van der Waals surface area contributed by atoms with Gasteiger partial charge in [-0.1, -0.05) is 141 Å². The lowest BCUT2D eigenvalue weighted by Crippen LogP contribution is -2.15. The molecule has 2 aliphatic rings. The summed E-state index contributed by atoms with van der Waals surface area (Å²) >= 11 is 0. The third-order valence-corrected chi connectivity index (χ3v) is 10.2. The predicted octanol–water partition coefficient (Wildman–Crippen LogP) is 11.9. The van der Waals surface area contributed by atoms with E-state index in [0.29, 0.717) is 34.7 Å². The Hall–Kier alpha value is -6.59. The molecule has 0 unspecified atom stereocenters. The van der Waals surface area contributed by atoms with Crippen molar-refractivity contribution >= 4 is 10.8 Å². The van der Waals surface area contributed by atoms with Crippen LogP contribution in [0.25, 0.3) is 67.2 Å². The summed E-state index contributed by atoms with van der Waals surface area (Å²) in [5, 5.41) is 2.20. The maximum atomic E-state index is 6.78. The van der Waals surface area contributed by atoms with Crippen LogP contribution in [0.2, 0.25) is 0 Å². The number of para-hydroxylation sites is 1. The largest absolute Gasteiger partial charge is 0.449 e. The van der Waals surface area contributed by atoms with Gasteiger partial charge in [0.2, 0.25) is 0 Å². The van der Waals surface area contributed by atoms with Crippen LogP contribution in [0.4, 0.5) is 0 Å². The summed E-state index contributed by atoms with van der Waals surface area (Å²) < 4.78 is 13.6. The molecule has 0 spiro atoms. The van der Waals surface area contributed by atoms with Gasteiger partial charge < -0.3 is 9.47 Å². The van der Waals surface area contributed by atoms with Crippen LogP contribution >= 0.6 is 0 Å². The zero-order chi connectivity index (χ0) is 34.1. The molecule has 1 aliphatic carbocycles. The molecule has 5 heteroatoms. The highest BCUT2D eigenvalue weighted by molar-refractivity contribution is 6.04. The highest BCUT2D eigenvalue weighted by atomic mass is 16.6. The van der Waals surface area contributed by atoms with Gasteiger partial charge in [0.15, 0.2) is 40.5 Å². The first kappa shape index (κ1) is 29.3. The van der Waals surface area contributed by atoms with E-state index in [9.17, 15) is 0 Å². The molecule has 0 saturated heterocycles. The number of nitrogens with zero attached hydrogens (tertiary/aromatic N) is 3. The average molecular weight is 658 g/mol. The molecule has 10 rings (SSSR count). The first-order chi connectivity index (χ1) is 25.0. The van der Waals surface area contributed by atoms with Crippen molar-refractivity contribution in [2.75, 3.05) is 0 Å². The number of hydrogen-bond acceptors (Lipinski definition) is 5. The zero-order valence-electron chi connectivity index (χ0n) is 28.1. The fraction of sp³-hybridized carbons (Fsp3) is 0.0652. The van der Waals surface area contributed by atoms with Gasteiger partial charge in [-0.2, -0.15) is 0 Å². The molecular formula is C46H31N3O2. The Kier molecular flexibility index (Phi) is 6.46. The van der Waals surface area contributed by atoms with Gasteiger partial charge in [-0.3, -0.25) is 0 Å². The van der Waals surface area contributed by atoms with Crippen molar-refractivity contribution < 1.29 is 9.47 Å². The summed E-state index contributed by atoms with van der Waals surface area (Å²) in [6.07, 6.45) is 0. The van der Waals surface area contributed by atoms with Crippen LogP contribution in [-0.2, 0) is 5.41 Å². The summed E-state index contributed by atoms with van der Waals surface area (Å²) in [5.41, 5.74) is 9.50. The molecule has 0 bridgehead atoms. The lowest BCUT2D eigenvalue weighted by molar-refractivity contribution is 0.361. The van der Waals surface area contributed by atoms with Gasteiger partial charge in [-0.25, -0.2) is 15.0 Å². The Bertz CT molecular complexity index is 2670. The van der Waals surface area contributed by atoms with Gasteiger partial charge >= 0.3 is 0 Å². The molecule has 0 fully saturated rings. The second kappa shape index (κ2) is 11.2. The van der Waals surface area contributed by atoms with Crippen molar-refractivity contribution in [2.45, 2.75) is 19.3 Å². The molecule has 7 aromatic carbocycles. The molecule has 1 aromatic heterocycles. The topological polar surface area (TPSA) is 57.1 Å². The molecule has 0 saturated carbocycles. The van der Waals surface area contributed by atoms with Crippen LogP contribution in [0.15, 0.2) is 152 Å². The molecule has 8 aromatic rings. The molecule has 0 amide bonds. The minimum atomic E-state index is -0.148. The van der Waals surface area contributed by atoms with Crippen LogP contribution in [0, 0.1) is 0 Å². The number of aromatic nitrogens is 3. The summed E-state index contributed by atoms with van der Waals surface area (Å²) in [4.78, 5) is 15.3. The molecular weight excluding hydrogens is 627 g/mol. The van der Waals surface area contributed by atoms with E-state index in [-0.39, 0.29) is 5.41 Å². The van der Waals surface area contributed by atoms with Crippen LogP contribution in [0.1, 0.15) is 25.0 Å². The van der Waals surface area contributed by atoms with Gasteiger partial charge in [0.1, 0.15) is 0 Å². The third-order valence-electron chi connectivity index (χ3n) is 10.2. The molecule has 1 aliphatic heterocycles. The minimum Gasteiger partial charge on any atom is -0.449 e. The summed E-state index contributed by atoms with van der Waals surface area (Å²) in [7, 11) is 0. The summed E-state index contributed by atoms with van der Waals surface area (Å²) in [6, 6.07) is 51.9.